The van der Waals surface area contributed by atoms with Crippen molar-refractivity contribution in [2.24, 2.45) is 0 Å². The summed E-state index contributed by atoms with van der Waals surface area (Å²) in [6, 6.07) is 4.65. The van der Waals surface area contributed by atoms with Crippen molar-refractivity contribution in [3.05, 3.63) is 23.8 Å². The van der Waals surface area contributed by atoms with Crippen molar-refractivity contribution in [2.75, 3.05) is 20.0 Å². The number of unbranched alkanes of at least 4 members (excludes halogenated alkanes) is 2. The summed E-state index contributed by atoms with van der Waals surface area (Å²) in [7, 11) is 3.11. The summed E-state index contributed by atoms with van der Waals surface area (Å²) in [6.07, 6.45) is 4.15. The van der Waals surface area contributed by atoms with Crippen molar-refractivity contribution < 1.29 is 19.1 Å². The van der Waals surface area contributed by atoms with Crippen LogP contribution in [0.25, 0.3) is 0 Å². The van der Waals surface area contributed by atoms with Crippen LogP contribution in [0.15, 0.2) is 18.2 Å². The van der Waals surface area contributed by atoms with Crippen molar-refractivity contribution in [1.82, 2.24) is 10.2 Å². The molecule has 1 aliphatic rings. The van der Waals surface area contributed by atoms with E-state index < -0.39 is 6.04 Å². The number of rotatable bonds is 8. The predicted octanol–water partition coefficient (Wildman–Crippen LogP) is 4.08. The summed E-state index contributed by atoms with van der Waals surface area (Å²) in [6.45, 7) is 8.01. The van der Waals surface area contributed by atoms with E-state index in [0.29, 0.717) is 22.8 Å². The molecule has 1 N–H and O–H groups in total. The monoisotopic (exact) mass is 422 g/mol. The number of thioether (sulfide) groups is 1. The molecule has 1 aliphatic heterocycles. The van der Waals surface area contributed by atoms with E-state index in [0.717, 1.165) is 25.7 Å². The summed E-state index contributed by atoms with van der Waals surface area (Å²) in [5.41, 5.74) is 0.119. The van der Waals surface area contributed by atoms with E-state index in [-0.39, 0.29) is 22.7 Å². The lowest BCUT2D eigenvalue weighted by atomic mass is 10.1. The van der Waals surface area contributed by atoms with Crippen LogP contribution in [0.4, 0.5) is 0 Å². The average molecular weight is 423 g/mol. The van der Waals surface area contributed by atoms with Gasteiger partial charge in [0.05, 0.1) is 19.6 Å². The minimum absolute atomic E-state index is 0.0121. The number of carbonyl (C=O) groups excluding carboxylic acids is 2. The van der Waals surface area contributed by atoms with E-state index in [1.807, 2.05) is 20.8 Å². The Bertz CT molecular complexity index is 695. The lowest BCUT2D eigenvalue weighted by molar-refractivity contribution is -0.126. The van der Waals surface area contributed by atoms with Crippen molar-refractivity contribution in [2.45, 2.75) is 70.3 Å². The largest absolute Gasteiger partial charge is 0.497 e. The van der Waals surface area contributed by atoms with Crippen LogP contribution >= 0.6 is 11.8 Å². The molecular weight excluding hydrogens is 388 g/mol. The SMILES string of the molecule is CCCCCC1SCC(C(=O)NC(C)(C)C)N1C(=O)c1cc(OC)cc(OC)c1. The number of ether oxygens (including phenoxy) is 2. The van der Waals surface area contributed by atoms with Gasteiger partial charge in [-0.3, -0.25) is 9.59 Å². The van der Waals surface area contributed by atoms with Crippen LogP contribution in [0, 0.1) is 0 Å². The molecule has 7 heteroatoms. The maximum atomic E-state index is 13.5. The highest BCUT2D eigenvalue weighted by atomic mass is 32.2. The molecule has 0 spiro atoms. The molecular formula is C22H34N2O4S. The summed E-state index contributed by atoms with van der Waals surface area (Å²) in [4.78, 5) is 28.2. The highest BCUT2D eigenvalue weighted by Gasteiger charge is 2.42. The molecule has 2 rings (SSSR count). The first kappa shape index (κ1) is 23.4. The van der Waals surface area contributed by atoms with Gasteiger partial charge in [0.25, 0.3) is 5.91 Å². The van der Waals surface area contributed by atoms with Crippen LogP contribution in [-0.2, 0) is 4.79 Å². The Kier molecular flexibility index (Phi) is 8.25. The molecule has 1 aromatic rings. The molecule has 0 saturated carbocycles. The van der Waals surface area contributed by atoms with Crippen LogP contribution in [0.3, 0.4) is 0 Å². The molecule has 29 heavy (non-hydrogen) atoms. The zero-order chi connectivity index (χ0) is 21.6. The summed E-state index contributed by atoms with van der Waals surface area (Å²) < 4.78 is 10.6. The first-order valence-electron chi connectivity index (χ1n) is 10.2. The zero-order valence-electron chi connectivity index (χ0n) is 18.4. The van der Waals surface area contributed by atoms with E-state index in [1.165, 1.54) is 0 Å². The number of amides is 2. The number of benzene rings is 1. The topological polar surface area (TPSA) is 67.9 Å². The Hall–Kier alpha value is -1.89. The molecule has 1 saturated heterocycles. The third kappa shape index (κ3) is 6.29. The number of nitrogens with zero attached hydrogens (tertiary/aromatic N) is 1. The maximum absolute atomic E-state index is 13.5. The van der Waals surface area contributed by atoms with Gasteiger partial charge < -0.3 is 19.7 Å². The quantitative estimate of drug-likeness (QED) is 0.639. The zero-order valence-corrected chi connectivity index (χ0v) is 19.2. The van der Waals surface area contributed by atoms with Crippen molar-refractivity contribution >= 4 is 23.6 Å². The number of carbonyl (C=O) groups is 2. The van der Waals surface area contributed by atoms with E-state index in [2.05, 4.69) is 12.2 Å². The molecule has 2 amide bonds. The fourth-order valence-electron chi connectivity index (χ4n) is 3.36. The van der Waals surface area contributed by atoms with Gasteiger partial charge in [-0.15, -0.1) is 11.8 Å². The standard InChI is InChI=1S/C22H34N2O4S/c1-7-8-9-10-19-24(18(14-29-19)20(25)23-22(2,3)4)21(26)15-11-16(27-5)13-17(12-15)28-6/h11-13,18-19H,7-10,14H2,1-6H3,(H,23,25). The second-order valence-electron chi connectivity index (χ2n) is 8.35. The molecule has 6 nitrogen and oxygen atoms in total. The number of nitrogens with one attached hydrogen (secondary N) is 1. The second kappa shape index (κ2) is 10.2. The summed E-state index contributed by atoms with van der Waals surface area (Å²) in [5.74, 6) is 1.44. The van der Waals surface area contributed by atoms with Crippen molar-refractivity contribution in [3.8, 4) is 11.5 Å². The second-order valence-corrected chi connectivity index (χ2v) is 9.56. The minimum atomic E-state index is -0.490. The van der Waals surface area contributed by atoms with Crippen LogP contribution in [0.5, 0.6) is 11.5 Å². The van der Waals surface area contributed by atoms with Gasteiger partial charge in [-0.05, 0) is 39.3 Å². The fraction of sp³-hybridized carbons (Fsp3) is 0.636. The van der Waals surface area contributed by atoms with Gasteiger partial charge in [0.2, 0.25) is 5.91 Å². The van der Waals surface area contributed by atoms with Crippen LogP contribution < -0.4 is 14.8 Å². The Labute approximate surface area is 178 Å². The van der Waals surface area contributed by atoms with Gasteiger partial charge in [0.15, 0.2) is 0 Å². The summed E-state index contributed by atoms with van der Waals surface area (Å²) in [5, 5.41) is 3.02. The molecule has 1 aromatic carbocycles. The molecule has 1 fully saturated rings. The molecule has 0 radical (unpaired) electrons. The maximum Gasteiger partial charge on any atom is 0.255 e. The van der Waals surface area contributed by atoms with Crippen LogP contribution in [0.1, 0.15) is 63.7 Å². The third-order valence-electron chi connectivity index (χ3n) is 4.78. The average Bonchev–Trinajstić information content (AvgIpc) is 3.09. The number of hydrogen-bond acceptors (Lipinski definition) is 5. The van der Waals surface area contributed by atoms with E-state index >= 15 is 0 Å². The van der Waals surface area contributed by atoms with Crippen molar-refractivity contribution in [1.29, 1.82) is 0 Å². The highest BCUT2D eigenvalue weighted by Crippen LogP contribution is 2.35. The van der Waals surface area contributed by atoms with Gasteiger partial charge in [-0.2, -0.15) is 0 Å². The normalized spacial score (nSPS) is 19.2. The third-order valence-corrected chi connectivity index (χ3v) is 6.14. The lowest BCUT2D eigenvalue weighted by Gasteiger charge is -2.31. The van der Waals surface area contributed by atoms with Crippen molar-refractivity contribution in [3.63, 3.8) is 0 Å². The molecule has 0 aromatic heterocycles. The van der Waals surface area contributed by atoms with Gasteiger partial charge in [-0.1, -0.05) is 26.2 Å². The van der Waals surface area contributed by atoms with Gasteiger partial charge in [0, 0.05) is 22.9 Å². The van der Waals surface area contributed by atoms with E-state index in [1.54, 1.807) is 49.1 Å². The Morgan fingerprint density at radius 2 is 1.76 bits per heavy atom. The van der Waals surface area contributed by atoms with E-state index in [4.69, 9.17) is 9.47 Å². The Morgan fingerprint density at radius 3 is 2.28 bits per heavy atom. The van der Waals surface area contributed by atoms with Crippen LogP contribution in [-0.4, -0.2) is 53.6 Å². The molecule has 1 heterocycles. The molecule has 2 unspecified atom stereocenters. The number of hydrogen-bond donors (Lipinski definition) is 1. The minimum Gasteiger partial charge on any atom is -0.497 e. The van der Waals surface area contributed by atoms with Crippen LogP contribution in [0.2, 0.25) is 0 Å². The Morgan fingerprint density at radius 1 is 1.14 bits per heavy atom. The Balaban J connectivity index is 2.33. The first-order chi connectivity index (χ1) is 13.7. The predicted molar refractivity (Wildman–Crippen MR) is 118 cm³/mol. The molecule has 2 atom stereocenters. The highest BCUT2D eigenvalue weighted by molar-refractivity contribution is 8.00. The lowest BCUT2D eigenvalue weighted by Crippen LogP contribution is -2.53. The van der Waals surface area contributed by atoms with E-state index in [9.17, 15) is 9.59 Å². The van der Waals surface area contributed by atoms with Gasteiger partial charge in [-0.25, -0.2) is 0 Å². The fourth-order valence-corrected chi connectivity index (χ4v) is 4.82. The molecule has 0 bridgehead atoms. The molecule has 162 valence electrons. The number of methoxy groups -OCH3 is 2. The van der Waals surface area contributed by atoms with Gasteiger partial charge >= 0.3 is 0 Å². The smallest absolute Gasteiger partial charge is 0.255 e. The van der Waals surface area contributed by atoms with Gasteiger partial charge in [0.1, 0.15) is 17.5 Å². The first-order valence-corrected chi connectivity index (χ1v) is 11.2. The summed E-state index contributed by atoms with van der Waals surface area (Å²) >= 11 is 1.69. The molecule has 0 aliphatic carbocycles.